The van der Waals surface area contributed by atoms with E-state index in [1.807, 2.05) is 0 Å². The molecular formula is C12H16N2O4. The predicted molar refractivity (Wildman–Crippen MR) is 64.4 cm³/mol. The Balaban J connectivity index is 2.72. The van der Waals surface area contributed by atoms with Gasteiger partial charge in [-0.15, -0.1) is 0 Å². The van der Waals surface area contributed by atoms with Crippen molar-refractivity contribution in [3.63, 3.8) is 0 Å². The molecule has 0 aliphatic heterocycles. The van der Waals surface area contributed by atoms with Crippen LogP contribution in [0.1, 0.15) is 22.5 Å². The van der Waals surface area contributed by atoms with Crippen LogP contribution in [0.25, 0.3) is 0 Å². The van der Waals surface area contributed by atoms with E-state index in [0.29, 0.717) is 11.3 Å². The first-order valence-corrected chi connectivity index (χ1v) is 5.50. The van der Waals surface area contributed by atoms with Crippen LogP contribution in [0.3, 0.4) is 0 Å². The molecule has 1 unspecified atom stereocenters. The minimum absolute atomic E-state index is 0.219. The van der Waals surface area contributed by atoms with Gasteiger partial charge in [0, 0.05) is 32.0 Å². The van der Waals surface area contributed by atoms with Crippen molar-refractivity contribution in [1.29, 1.82) is 0 Å². The first-order chi connectivity index (χ1) is 8.56. The summed E-state index contributed by atoms with van der Waals surface area (Å²) in [6, 6.07) is 2.27. The number of carboxylic acids is 1. The summed E-state index contributed by atoms with van der Waals surface area (Å²) in [5.41, 5.74) is 0.937. The number of aliphatic carboxylic acids is 1. The largest absolute Gasteiger partial charge is 0.480 e. The van der Waals surface area contributed by atoms with Gasteiger partial charge in [-0.25, -0.2) is 4.79 Å². The number of hydrogen-bond acceptors (Lipinski definition) is 4. The van der Waals surface area contributed by atoms with Crippen molar-refractivity contribution in [3.05, 3.63) is 29.6 Å². The molecule has 0 radical (unpaired) electrons. The molecule has 0 aliphatic rings. The van der Waals surface area contributed by atoms with Gasteiger partial charge in [0.1, 0.15) is 6.04 Å². The molecule has 1 amide bonds. The average molecular weight is 252 g/mol. The first-order valence-electron chi connectivity index (χ1n) is 5.50. The lowest BCUT2D eigenvalue weighted by Crippen LogP contribution is -2.41. The molecule has 0 aliphatic carbocycles. The molecule has 0 spiro atoms. The topological polar surface area (TPSA) is 88.5 Å². The number of hydrogen-bond donors (Lipinski definition) is 2. The molecular weight excluding hydrogens is 236 g/mol. The van der Waals surface area contributed by atoms with Crippen LogP contribution in [-0.4, -0.2) is 41.7 Å². The zero-order valence-electron chi connectivity index (χ0n) is 10.3. The Morgan fingerprint density at radius 1 is 1.56 bits per heavy atom. The number of aryl methyl sites for hydroxylation is 1. The van der Waals surface area contributed by atoms with Crippen molar-refractivity contribution < 1.29 is 19.4 Å². The second-order valence-corrected chi connectivity index (χ2v) is 3.78. The van der Waals surface area contributed by atoms with Crippen LogP contribution >= 0.6 is 0 Å². The van der Waals surface area contributed by atoms with E-state index in [1.54, 1.807) is 25.3 Å². The molecule has 1 heterocycles. The first kappa shape index (κ1) is 14.1. The standard InChI is InChI=1S/C12H16N2O4/c1-8-9(4-3-6-13-8)11(15)14-10(12(16)17)5-7-18-2/h3-4,6,10H,5,7H2,1-2H3,(H,14,15)(H,16,17). The van der Waals surface area contributed by atoms with Gasteiger partial charge in [0.25, 0.3) is 5.91 Å². The lowest BCUT2D eigenvalue weighted by atomic mass is 10.1. The summed E-state index contributed by atoms with van der Waals surface area (Å²) in [6.45, 7) is 1.96. The Labute approximate surface area is 105 Å². The molecule has 2 N–H and O–H groups in total. The van der Waals surface area contributed by atoms with Crippen molar-refractivity contribution in [1.82, 2.24) is 10.3 Å². The van der Waals surface area contributed by atoms with E-state index < -0.39 is 17.9 Å². The molecule has 1 aromatic rings. The van der Waals surface area contributed by atoms with Crippen molar-refractivity contribution in [2.45, 2.75) is 19.4 Å². The van der Waals surface area contributed by atoms with E-state index in [-0.39, 0.29) is 13.0 Å². The number of ether oxygens (including phenoxy) is 1. The minimum atomic E-state index is -1.08. The molecule has 0 aromatic carbocycles. The van der Waals surface area contributed by atoms with E-state index >= 15 is 0 Å². The predicted octanol–water partition coefficient (Wildman–Crippen LogP) is 0.610. The van der Waals surface area contributed by atoms with Gasteiger partial charge in [0.15, 0.2) is 0 Å². The van der Waals surface area contributed by atoms with E-state index in [9.17, 15) is 9.59 Å². The van der Waals surface area contributed by atoms with Crippen LogP contribution in [0, 0.1) is 6.92 Å². The number of methoxy groups -OCH3 is 1. The van der Waals surface area contributed by atoms with Gasteiger partial charge in [-0.3, -0.25) is 9.78 Å². The second kappa shape index (κ2) is 6.70. The van der Waals surface area contributed by atoms with Crippen LogP contribution in [0.15, 0.2) is 18.3 Å². The highest BCUT2D eigenvalue weighted by Gasteiger charge is 2.21. The lowest BCUT2D eigenvalue weighted by Gasteiger charge is -2.14. The Morgan fingerprint density at radius 2 is 2.28 bits per heavy atom. The molecule has 6 nitrogen and oxygen atoms in total. The van der Waals surface area contributed by atoms with Crippen LogP contribution in [0.2, 0.25) is 0 Å². The summed E-state index contributed by atoms with van der Waals surface area (Å²) in [5.74, 6) is -1.52. The van der Waals surface area contributed by atoms with Crippen molar-refractivity contribution in [2.24, 2.45) is 0 Å². The van der Waals surface area contributed by atoms with Gasteiger partial charge >= 0.3 is 5.97 Å². The molecule has 18 heavy (non-hydrogen) atoms. The van der Waals surface area contributed by atoms with Gasteiger partial charge in [-0.2, -0.15) is 0 Å². The summed E-state index contributed by atoms with van der Waals surface area (Å²) in [6.07, 6.45) is 1.79. The molecule has 0 saturated carbocycles. The minimum Gasteiger partial charge on any atom is -0.480 e. The van der Waals surface area contributed by atoms with Gasteiger partial charge in [-0.05, 0) is 19.1 Å². The van der Waals surface area contributed by atoms with Crippen LogP contribution in [0.4, 0.5) is 0 Å². The maximum atomic E-state index is 11.9. The fourth-order valence-electron chi connectivity index (χ4n) is 1.45. The van der Waals surface area contributed by atoms with E-state index in [1.165, 1.54) is 7.11 Å². The van der Waals surface area contributed by atoms with E-state index in [0.717, 1.165) is 0 Å². The van der Waals surface area contributed by atoms with E-state index in [2.05, 4.69) is 10.3 Å². The number of nitrogens with one attached hydrogen (secondary N) is 1. The summed E-state index contributed by atoms with van der Waals surface area (Å²) >= 11 is 0. The van der Waals surface area contributed by atoms with Crippen molar-refractivity contribution >= 4 is 11.9 Å². The number of rotatable bonds is 6. The van der Waals surface area contributed by atoms with Gasteiger partial charge < -0.3 is 15.2 Å². The third kappa shape index (κ3) is 3.81. The Morgan fingerprint density at radius 3 is 2.83 bits per heavy atom. The van der Waals surface area contributed by atoms with Gasteiger partial charge in [0.05, 0.1) is 5.56 Å². The van der Waals surface area contributed by atoms with Gasteiger partial charge in [0.2, 0.25) is 0 Å². The summed E-state index contributed by atoms with van der Waals surface area (Å²) in [4.78, 5) is 26.8. The molecule has 1 rings (SSSR count). The monoisotopic (exact) mass is 252 g/mol. The fourth-order valence-corrected chi connectivity index (χ4v) is 1.45. The number of aromatic nitrogens is 1. The number of pyridine rings is 1. The quantitative estimate of drug-likeness (QED) is 0.774. The average Bonchev–Trinajstić information content (AvgIpc) is 2.34. The Hall–Kier alpha value is -1.95. The van der Waals surface area contributed by atoms with Crippen LogP contribution in [0.5, 0.6) is 0 Å². The maximum Gasteiger partial charge on any atom is 0.326 e. The SMILES string of the molecule is COCCC(NC(=O)c1cccnc1C)C(=O)O. The van der Waals surface area contributed by atoms with Crippen LogP contribution in [-0.2, 0) is 9.53 Å². The fraction of sp³-hybridized carbons (Fsp3) is 0.417. The maximum absolute atomic E-state index is 11.9. The third-order valence-corrected chi connectivity index (χ3v) is 2.47. The van der Waals surface area contributed by atoms with E-state index in [4.69, 9.17) is 9.84 Å². The highest BCUT2D eigenvalue weighted by molar-refractivity contribution is 5.97. The molecule has 0 fully saturated rings. The highest BCUT2D eigenvalue weighted by Crippen LogP contribution is 2.04. The number of carbonyl (C=O) groups is 2. The van der Waals surface area contributed by atoms with Gasteiger partial charge in [-0.1, -0.05) is 0 Å². The zero-order chi connectivity index (χ0) is 13.5. The Kier molecular flexibility index (Phi) is 5.26. The molecule has 6 heteroatoms. The summed E-state index contributed by atoms with van der Waals surface area (Å²) in [7, 11) is 1.48. The zero-order valence-corrected chi connectivity index (χ0v) is 10.3. The number of amides is 1. The highest BCUT2D eigenvalue weighted by atomic mass is 16.5. The second-order valence-electron chi connectivity index (χ2n) is 3.78. The Bertz CT molecular complexity index is 434. The van der Waals surface area contributed by atoms with Crippen molar-refractivity contribution in [2.75, 3.05) is 13.7 Å². The smallest absolute Gasteiger partial charge is 0.326 e. The number of nitrogens with zero attached hydrogens (tertiary/aromatic N) is 1. The summed E-state index contributed by atoms with van der Waals surface area (Å²) < 4.78 is 4.81. The molecule has 0 bridgehead atoms. The number of carboxylic acid groups (broad SMARTS) is 1. The summed E-state index contributed by atoms with van der Waals surface area (Å²) in [5, 5.41) is 11.4. The lowest BCUT2D eigenvalue weighted by molar-refractivity contribution is -0.139. The third-order valence-electron chi connectivity index (χ3n) is 2.47. The van der Waals surface area contributed by atoms with Crippen molar-refractivity contribution in [3.8, 4) is 0 Å². The molecule has 98 valence electrons. The normalized spacial score (nSPS) is 11.9. The molecule has 0 saturated heterocycles. The van der Waals surface area contributed by atoms with Crippen LogP contribution < -0.4 is 5.32 Å². The molecule has 1 atom stereocenters. The number of carbonyl (C=O) groups excluding carboxylic acids is 1. The molecule has 1 aromatic heterocycles.